The van der Waals surface area contributed by atoms with Crippen LogP contribution < -0.4 is 5.73 Å². The highest BCUT2D eigenvalue weighted by Gasteiger charge is 2.14. The largest absolute Gasteiger partial charge is 0.443 e. The fraction of sp³-hybridized carbons (Fsp3) is 0.231. The molecule has 1 aromatic carbocycles. The van der Waals surface area contributed by atoms with E-state index in [-0.39, 0.29) is 0 Å². The van der Waals surface area contributed by atoms with Gasteiger partial charge in [-0.3, -0.25) is 4.68 Å². The van der Waals surface area contributed by atoms with Crippen LogP contribution in [0.4, 0.5) is 0 Å². The number of hydrogen-bond donors (Lipinski definition) is 1. The quantitative estimate of drug-likeness (QED) is 0.746. The third-order valence-electron chi connectivity index (χ3n) is 3.22. The Morgan fingerprint density at radius 3 is 3.00 bits per heavy atom. The predicted molar refractivity (Wildman–Crippen MR) is 68.8 cm³/mol. The van der Waals surface area contributed by atoms with Crippen LogP contribution in [0.3, 0.4) is 0 Å². The van der Waals surface area contributed by atoms with Gasteiger partial charge in [0.15, 0.2) is 12.0 Å². The highest BCUT2D eigenvalue weighted by molar-refractivity contribution is 5.81. The molecule has 0 atom stereocenters. The number of hydrogen-bond acceptors (Lipinski definition) is 4. The summed E-state index contributed by atoms with van der Waals surface area (Å²) in [6.45, 7) is 2.46. The first-order valence-corrected chi connectivity index (χ1v) is 5.77. The van der Waals surface area contributed by atoms with Crippen molar-refractivity contribution < 1.29 is 4.42 Å². The van der Waals surface area contributed by atoms with Gasteiger partial charge >= 0.3 is 0 Å². The number of aromatic nitrogens is 3. The van der Waals surface area contributed by atoms with Gasteiger partial charge in [0.25, 0.3) is 0 Å². The Balaban J connectivity index is 2.24. The average molecular weight is 242 g/mol. The van der Waals surface area contributed by atoms with Crippen LogP contribution in [0, 0.1) is 6.92 Å². The zero-order chi connectivity index (χ0) is 12.7. The van der Waals surface area contributed by atoms with Crippen LogP contribution in [0.25, 0.3) is 22.2 Å². The number of nitrogens with two attached hydrogens (primary N) is 1. The van der Waals surface area contributed by atoms with Gasteiger partial charge in [-0.2, -0.15) is 5.10 Å². The zero-order valence-corrected chi connectivity index (χ0v) is 10.3. The number of oxazole rings is 1. The number of benzene rings is 1. The maximum atomic E-state index is 5.75. The Morgan fingerprint density at radius 2 is 2.22 bits per heavy atom. The molecule has 18 heavy (non-hydrogen) atoms. The van der Waals surface area contributed by atoms with E-state index in [1.807, 2.05) is 36.9 Å². The van der Waals surface area contributed by atoms with E-state index in [0.717, 1.165) is 33.6 Å². The van der Waals surface area contributed by atoms with E-state index >= 15 is 0 Å². The molecule has 92 valence electrons. The molecule has 2 N–H and O–H groups in total. The number of aryl methyl sites for hydroxylation is 1. The van der Waals surface area contributed by atoms with E-state index in [0.29, 0.717) is 6.54 Å². The van der Waals surface area contributed by atoms with Crippen LogP contribution in [0.5, 0.6) is 0 Å². The summed E-state index contributed by atoms with van der Waals surface area (Å²) >= 11 is 0. The smallest absolute Gasteiger partial charge is 0.181 e. The maximum Gasteiger partial charge on any atom is 0.181 e. The molecule has 3 aromatic rings. The van der Waals surface area contributed by atoms with Crippen molar-refractivity contribution in [1.29, 1.82) is 0 Å². The van der Waals surface area contributed by atoms with E-state index < -0.39 is 0 Å². The molecule has 0 aliphatic carbocycles. The SMILES string of the molecule is Cc1c(-c2ccc3ncoc3c2)c(CN)nn1C. The van der Waals surface area contributed by atoms with Crippen molar-refractivity contribution in [2.24, 2.45) is 12.8 Å². The molecule has 0 saturated carbocycles. The van der Waals surface area contributed by atoms with Crippen molar-refractivity contribution in [2.75, 3.05) is 0 Å². The monoisotopic (exact) mass is 242 g/mol. The van der Waals surface area contributed by atoms with Crippen LogP contribution in [-0.2, 0) is 13.6 Å². The molecular formula is C13H14N4O. The fourth-order valence-electron chi connectivity index (χ4n) is 2.21. The minimum atomic E-state index is 0.422. The lowest BCUT2D eigenvalue weighted by molar-refractivity contribution is 0.602. The number of nitrogens with zero attached hydrogens (tertiary/aromatic N) is 3. The van der Waals surface area contributed by atoms with Gasteiger partial charge < -0.3 is 10.2 Å². The van der Waals surface area contributed by atoms with Crippen LogP contribution in [0.2, 0.25) is 0 Å². The predicted octanol–water partition coefficient (Wildman–Crippen LogP) is 2.00. The molecule has 0 fully saturated rings. The minimum Gasteiger partial charge on any atom is -0.443 e. The highest BCUT2D eigenvalue weighted by Crippen LogP contribution is 2.29. The van der Waals surface area contributed by atoms with Gasteiger partial charge in [-0.25, -0.2) is 4.98 Å². The van der Waals surface area contributed by atoms with Crippen molar-refractivity contribution in [3.63, 3.8) is 0 Å². The number of rotatable bonds is 2. The van der Waals surface area contributed by atoms with Crippen molar-refractivity contribution in [1.82, 2.24) is 14.8 Å². The third kappa shape index (κ3) is 1.52. The van der Waals surface area contributed by atoms with E-state index in [4.69, 9.17) is 10.2 Å². The molecule has 0 bridgehead atoms. The molecule has 0 amide bonds. The maximum absolute atomic E-state index is 5.75. The van der Waals surface area contributed by atoms with Gasteiger partial charge in [-0.05, 0) is 24.6 Å². The van der Waals surface area contributed by atoms with Gasteiger partial charge in [0.2, 0.25) is 0 Å². The van der Waals surface area contributed by atoms with E-state index in [9.17, 15) is 0 Å². The molecule has 0 saturated heterocycles. The summed E-state index contributed by atoms with van der Waals surface area (Å²) in [5.41, 5.74) is 11.5. The molecule has 2 aromatic heterocycles. The molecule has 2 heterocycles. The first kappa shape index (κ1) is 11.0. The molecule has 0 aliphatic rings. The first-order chi connectivity index (χ1) is 8.70. The van der Waals surface area contributed by atoms with Crippen LogP contribution in [-0.4, -0.2) is 14.8 Å². The van der Waals surface area contributed by atoms with Crippen LogP contribution in [0.1, 0.15) is 11.4 Å². The van der Waals surface area contributed by atoms with Gasteiger partial charge in [-0.15, -0.1) is 0 Å². The van der Waals surface area contributed by atoms with Crippen LogP contribution in [0.15, 0.2) is 29.0 Å². The van der Waals surface area contributed by atoms with Gasteiger partial charge in [0, 0.05) is 24.8 Å². The van der Waals surface area contributed by atoms with Crippen molar-refractivity contribution in [2.45, 2.75) is 13.5 Å². The molecule has 0 aliphatic heterocycles. The van der Waals surface area contributed by atoms with E-state index in [1.165, 1.54) is 6.39 Å². The van der Waals surface area contributed by atoms with Crippen molar-refractivity contribution in [3.05, 3.63) is 36.0 Å². The standard InChI is InChI=1S/C13H14N4O/c1-8-13(11(6-14)16-17(8)2)9-3-4-10-12(5-9)18-7-15-10/h3-5,7H,6,14H2,1-2H3. The first-order valence-electron chi connectivity index (χ1n) is 5.77. The molecule has 0 radical (unpaired) electrons. The normalized spacial score (nSPS) is 11.3. The van der Waals surface area contributed by atoms with Crippen LogP contribution >= 0.6 is 0 Å². The second-order valence-corrected chi connectivity index (χ2v) is 4.27. The lowest BCUT2D eigenvalue weighted by atomic mass is 10.0. The van der Waals surface area contributed by atoms with Gasteiger partial charge in [0.1, 0.15) is 5.52 Å². The summed E-state index contributed by atoms with van der Waals surface area (Å²) in [5.74, 6) is 0. The van der Waals surface area contributed by atoms with E-state index in [2.05, 4.69) is 10.1 Å². The minimum absolute atomic E-state index is 0.422. The Bertz CT molecular complexity index is 711. The lowest BCUT2D eigenvalue weighted by Gasteiger charge is -2.02. The average Bonchev–Trinajstić information content (AvgIpc) is 2.94. The third-order valence-corrected chi connectivity index (χ3v) is 3.22. The summed E-state index contributed by atoms with van der Waals surface area (Å²) in [7, 11) is 1.92. The summed E-state index contributed by atoms with van der Waals surface area (Å²) in [6.07, 6.45) is 1.45. The molecule has 0 unspecified atom stereocenters. The Labute approximate surface area is 104 Å². The second-order valence-electron chi connectivity index (χ2n) is 4.27. The summed E-state index contributed by atoms with van der Waals surface area (Å²) in [6, 6.07) is 5.94. The molecular weight excluding hydrogens is 228 g/mol. The molecule has 5 heteroatoms. The van der Waals surface area contributed by atoms with E-state index in [1.54, 1.807) is 0 Å². The Kier molecular flexibility index (Phi) is 2.41. The number of fused-ring (bicyclic) bond motifs is 1. The Morgan fingerprint density at radius 1 is 1.39 bits per heavy atom. The van der Waals surface area contributed by atoms with Gasteiger partial charge in [0.05, 0.1) is 5.69 Å². The van der Waals surface area contributed by atoms with Crippen molar-refractivity contribution in [3.8, 4) is 11.1 Å². The van der Waals surface area contributed by atoms with Crippen molar-refractivity contribution >= 4 is 11.1 Å². The zero-order valence-electron chi connectivity index (χ0n) is 10.3. The van der Waals surface area contributed by atoms with Gasteiger partial charge in [-0.1, -0.05) is 6.07 Å². The molecule has 5 nitrogen and oxygen atoms in total. The second kappa shape index (κ2) is 3.96. The molecule has 0 spiro atoms. The summed E-state index contributed by atoms with van der Waals surface area (Å²) in [5, 5.41) is 4.42. The lowest BCUT2D eigenvalue weighted by Crippen LogP contribution is -1.99. The summed E-state index contributed by atoms with van der Waals surface area (Å²) in [4.78, 5) is 4.11. The summed E-state index contributed by atoms with van der Waals surface area (Å²) < 4.78 is 7.18. The topological polar surface area (TPSA) is 69.9 Å². The highest BCUT2D eigenvalue weighted by atomic mass is 16.3. The fourth-order valence-corrected chi connectivity index (χ4v) is 2.21. The molecule has 3 rings (SSSR count). The Hall–Kier alpha value is -2.14.